The number of hydrogen-bond acceptors (Lipinski definition) is 3. The van der Waals surface area contributed by atoms with E-state index in [9.17, 15) is 4.39 Å². The SMILES string of the molecule is CN1CC[C@@H](CNCc2ccn(C)n2)[C@H]1c1ccc(Cl)c(F)c1. The zero-order valence-electron chi connectivity index (χ0n) is 13.5. The minimum absolute atomic E-state index is 0.180. The molecule has 0 saturated carbocycles. The van der Waals surface area contributed by atoms with Crippen LogP contribution in [0.25, 0.3) is 0 Å². The largest absolute Gasteiger partial charge is 0.311 e. The Morgan fingerprint density at radius 1 is 1.35 bits per heavy atom. The fourth-order valence-corrected chi connectivity index (χ4v) is 3.52. The van der Waals surface area contributed by atoms with E-state index in [0.717, 1.165) is 37.3 Å². The third-order valence-corrected chi connectivity index (χ3v) is 4.85. The van der Waals surface area contributed by atoms with Crippen LogP contribution in [0.4, 0.5) is 4.39 Å². The van der Waals surface area contributed by atoms with Crippen LogP contribution in [0.15, 0.2) is 30.5 Å². The Morgan fingerprint density at radius 3 is 2.87 bits per heavy atom. The Labute approximate surface area is 141 Å². The van der Waals surface area contributed by atoms with Crippen LogP contribution in [0.3, 0.4) is 0 Å². The maximum absolute atomic E-state index is 13.8. The third-order valence-electron chi connectivity index (χ3n) is 4.54. The van der Waals surface area contributed by atoms with Crippen molar-refractivity contribution in [3.8, 4) is 0 Å². The number of nitrogens with zero attached hydrogens (tertiary/aromatic N) is 3. The summed E-state index contributed by atoms with van der Waals surface area (Å²) in [6, 6.07) is 7.39. The van der Waals surface area contributed by atoms with Gasteiger partial charge in [0.2, 0.25) is 0 Å². The molecule has 0 radical (unpaired) electrons. The zero-order valence-corrected chi connectivity index (χ0v) is 14.2. The number of likely N-dealkylation sites (tertiary alicyclic amines) is 1. The number of hydrogen-bond donors (Lipinski definition) is 1. The Morgan fingerprint density at radius 2 is 2.17 bits per heavy atom. The summed E-state index contributed by atoms with van der Waals surface area (Å²) in [4.78, 5) is 2.29. The lowest BCUT2D eigenvalue weighted by Crippen LogP contribution is -2.28. The molecule has 1 N–H and O–H groups in total. The average molecular weight is 337 g/mol. The zero-order chi connectivity index (χ0) is 16.4. The Bertz CT molecular complexity index is 672. The average Bonchev–Trinajstić information content (AvgIpc) is 3.09. The topological polar surface area (TPSA) is 33.1 Å². The summed E-state index contributed by atoms with van der Waals surface area (Å²) < 4.78 is 15.6. The number of aromatic nitrogens is 2. The maximum atomic E-state index is 13.8. The van der Waals surface area contributed by atoms with E-state index in [-0.39, 0.29) is 16.9 Å². The van der Waals surface area contributed by atoms with Gasteiger partial charge in [-0.05, 0) is 49.7 Å². The molecule has 2 atom stereocenters. The molecular formula is C17H22ClFN4. The van der Waals surface area contributed by atoms with Crippen LogP contribution in [0, 0.1) is 11.7 Å². The van der Waals surface area contributed by atoms with Crippen molar-refractivity contribution in [1.29, 1.82) is 0 Å². The van der Waals surface area contributed by atoms with Gasteiger partial charge in [0.1, 0.15) is 5.82 Å². The molecule has 124 valence electrons. The lowest BCUT2D eigenvalue weighted by Gasteiger charge is -2.26. The highest BCUT2D eigenvalue weighted by molar-refractivity contribution is 6.30. The third kappa shape index (κ3) is 3.74. The predicted octanol–water partition coefficient (Wildman–Crippen LogP) is 3.00. The minimum Gasteiger partial charge on any atom is -0.311 e. The standard InChI is InChI=1S/C17H22ClFN4/c1-22-7-5-13(10-20-11-14-6-8-23(2)21-14)17(22)12-3-4-15(18)16(19)9-12/h3-4,6,8-9,13,17,20H,5,7,10-11H2,1-2H3/t13-,17+/m0/s1. The normalized spacial score (nSPS) is 21.9. The van der Waals surface area contributed by atoms with Crippen LogP contribution in [-0.4, -0.2) is 34.8 Å². The van der Waals surface area contributed by atoms with Crippen molar-refractivity contribution in [2.24, 2.45) is 13.0 Å². The summed E-state index contributed by atoms with van der Waals surface area (Å²) in [5.74, 6) is 0.106. The quantitative estimate of drug-likeness (QED) is 0.911. The van der Waals surface area contributed by atoms with E-state index < -0.39 is 0 Å². The van der Waals surface area contributed by atoms with E-state index >= 15 is 0 Å². The van der Waals surface area contributed by atoms with Gasteiger partial charge in [-0.25, -0.2) is 4.39 Å². The highest BCUT2D eigenvalue weighted by Crippen LogP contribution is 2.36. The molecule has 6 heteroatoms. The van der Waals surface area contributed by atoms with Gasteiger partial charge in [-0.2, -0.15) is 5.10 Å². The molecule has 0 spiro atoms. The second-order valence-electron chi connectivity index (χ2n) is 6.26. The van der Waals surface area contributed by atoms with Gasteiger partial charge in [0.25, 0.3) is 0 Å². The number of nitrogens with one attached hydrogen (secondary N) is 1. The number of benzene rings is 1. The summed E-state index contributed by atoms with van der Waals surface area (Å²) in [6.07, 6.45) is 3.04. The second-order valence-corrected chi connectivity index (χ2v) is 6.67. The highest BCUT2D eigenvalue weighted by Gasteiger charge is 2.32. The molecule has 0 unspecified atom stereocenters. The number of rotatable bonds is 5. The molecule has 23 heavy (non-hydrogen) atoms. The van der Waals surface area contributed by atoms with E-state index in [4.69, 9.17) is 11.6 Å². The Balaban J connectivity index is 1.64. The monoisotopic (exact) mass is 336 g/mol. The van der Waals surface area contributed by atoms with Crippen molar-refractivity contribution in [1.82, 2.24) is 20.0 Å². The van der Waals surface area contributed by atoms with Gasteiger partial charge in [-0.15, -0.1) is 0 Å². The van der Waals surface area contributed by atoms with Crippen LogP contribution in [-0.2, 0) is 13.6 Å². The van der Waals surface area contributed by atoms with Crippen molar-refractivity contribution in [3.05, 3.63) is 52.6 Å². The smallest absolute Gasteiger partial charge is 0.142 e. The molecule has 0 aliphatic carbocycles. The maximum Gasteiger partial charge on any atom is 0.142 e. The van der Waals surface area contributed by atoms with Gasteiger partial charge < -0.3 is 5.32 Å². The summed E-state index contributed by atoms with van der Waals surface area (Å²) in [6.45, 7) is 2.66. The van der Waals surface area contributed by atoms with E-state index in [1.807, 2.05) is 25.4 Å². The molecule has 2 heterocycles. The van der Waals surface area contributed by atoms with Crippen LogP contribution in [0.2, 0.25) is 5.02 Å². The first-order valence-electron chi connectivity index (χ1n) is 7.89. The number of aryl methyl sites for hydroxylation is 1. The molecule has 1 aliphatic rings. The Hall–Kier alpha value is -1.43. The van der Waals surface area contributed by atoms with E-state index in [0.29, 0.717) is 5.92 Å². The molecule has 1 fully saturated rings. The van der Waals surface area contributed by atoms with Crippen molar-refractivity contribution in [2.75, 3.05) is 20.1 Å². The molecule has 1 aliphatic heterocycles. The van der Waals surface area contributed by atoms with Crippen LogP contribution < -0.4 is 5.32 Å². The minimum atomic E-state index is -0.343. The lowest BCUT2D eigenvalue weighted by atomic mass is 9.93. The van der Waals surface area contributed by atoms with Crippen LogP contribution in [0.5, 0.6) is 0 Å². The molecule has 1 aromatic heterocycles. The summed E-state index contributed by atoms with van der Waals surface area (Å²) in [5.41, 5.74) is 2.03. The lowest BCUT2D eigenvalue weighted by molar-refractivity contribution is 0.271. The van der Waals surface area contributed by atoms with E-state index in [1.165, 1.54) is 0 Å². The molecule has 4 nitrogen and oxygen atoms in total. The van der Waals surface area contributed by atoms with Crippen molar-refractivity contribution in [2.45, 2.75) is 19.0 Å². The Kier molecular flexibility index (Phi) is 4.99. The fourth-order valence-electron chi connectivity index (χ4n) is 3.41. The molecule has 1 saturated heterocycles. The highest BCUT2D eigenvalue weighted by atomic mass is 35.5. The van der Waals surface area contributed by atoms with Gasteiger partial charge in [0, 0.05) is 32.4 Å². The van der Waals surface area contributed by atoms with E-state index in [2.05, 4.69) is 22.4 Å². The van der Waals surface area contributed by atoms with Gasteiger partial charge in [0.05, 0.1) is 10.7 Å². The molecule has 2 aromatic rings. The number of halogens is 2. The van der Waals surface area contributed by atoms with Crippen molar-refractivity contribution >= 4 is 11.6 Å². The predicted molar refractivity (Wildman–Crippen MR) is 89.8 cm³/mol. The first-order chi connectivity index (χ1) is 11.0. The van der Waals surface area contributed by atoms with Gasteiger partial charge in [-0.3, -0.25) is 9.58 Å². The fraction of sp³-hybridized carbons (Fsp3) is 0.471. The first kappa shape index (κ1) is 16.4. The molecule has 0 bridgehead atoms. The van der Waals surface area contributed by atoms with Crippen molar-refractivity contribution in [3.63, 3.8) is 0 Å². The molecular weight excluding hydrogens is 315 g/mol. The van der Waals surface area contributed by atoms with E-state index in [1.54, 1.807) is 16.8 Å². The first-order valence-corrected chi connectivity index (χ1v) is 8.27. The molecule has 0 amide bonds. The summed E-state index contributed by atoms with van der Waals surface area (Å²) in [5, 5.41) is 8.03. The molecule has 3 rings (SSSR count). The summed E-state index contributed by atoms with van der Waals surface area (Å²) >= 11 is 5.80. The summed E-state index contributed by atoms with van der Waals surface area (Å²) in [7, 11) is 4.01. The van der Waals surface area contributed by atoms with Crippen molar-refractivity contribution < 1.29 is 4.39 Å². The van der Waals surface area contributed by atoms with Crippen LogP contribution in [0.1, 0.15) is 23.7 Å². The molecule has 1 aromatic carbocycles. The van der Waals surface area contributed by atoms with Gasteiger partial charge in [-0.1, -0.05) is 17.7 Å². The second kappa shape index (κ2) is 6.99. The van der Waals surface area contributed by atoms with Crippen LogP contribution >= 0.6 is 11.6 Å². The van der Waals surface area contributed by atoms with Gasteiger partial charge in [0.15, 0.2) is 0 Å². The van der Waals surface area contributed by atoms with Gasteiger partial charge >= 0.3 is 0 Å².